The van der Waals surface area contributed by atoms with Crippen molar-refractivity contribution in [3.8, 4) is 23.6 Å². The van der Waals surface area contributed by atoms with Crippen molar-refractivity contribution in [3.63, 3.8) is 0 Å². The monoisotopic (exact) mass is 217 g/mol. The minimum absolute atomic E-state index is 0.00873. The van der Waals surface area contributed by atoms with Gasteiger partial charge in [0.15, 0.2) is 11.8 Å². The van der Waals surface area contributed by atoms with E-state index in [1.54, 1.807) is 12.5 Å². The molecule has 2 aromatic rings. The van der Waals surface area contributed by atoms with Crippen LogP contribution in [0.3, 0.4) is 0 Å². The fraction of sp³-hybridized carbons (Fsp3) is 0.182. The molecule has 0 atom stereocenters. The number of hydrogen-bond acceptors (Lipinski definition) is 3. The van der Waals surface area contributed by atoms with Gasteiger partial charge in [-0.05, 0) is 0 Å². The molecule has 0 aromatic carbocycles. The van der Waals surface area contributed by atoms with E-state index in [1.165, 1.54) is 16.7 Å². The third kappa shape index (κ3) is 2.17. The zero-order valence-corrected chi connectivity index (χ0v) is 8.54. The Hall–Kier alpha value is -2.35. The number of rotatable bonds is 2. The van der Waals surface area contributed by atoms with E-state index in [9.17, 15) is 10.2 Å². The molecule has 5 nitrogen and oxygen atoms in total. The summed E-state index contributed by atoms with van der Waals surface area (Å²) in [6.07, 6.45) is 5.18. The van der Waals surface area contributed by atoms with Crippen molar-refractivity contribution in [2.45, 2.75) is 13.1 Å². The van der Waals surface area contributed by atoms with Crippen molar-refractivity contribution < 1.29 is 10.2 Å². The largest absolute Gasteiger partial charge is 0.494 e. The van der Waals surface area contributed by atoms with Crippen molar-refractivity contribution in [1.82, 2.24) is 14.1 Å². The fourth-order valence-corrected chi connectivity index (χ4v) is 1.27. The highest BCUT2D eigenvalue weighted by molar-refractivity contribution is 5.25. The zero-order valence-electron chi connectivity index (χ0n) is 8.54. The normalized spacial score (nSPS) is 9.75. The lowest BCUT2D eigenvalue weighted by atomic mass is 10.5. The standard InChI is InChI=1S/C11H11N3O2/c15-10-3-4-11(16)14(10)7-2-1-6-13-8-5-12-9-13/h3-5,8-9,15-16H,6-7H2. The van der Waals surface area contributed by atoms with E-state index in [4.69, 9.17) is 0 Å². The van der Waals surface area contributed by atoms with Gasteiger partial charge in [-0.15, -0.1) is 0 Å². The van der Waals surface area contributed by atoms with E-state index in [-0.39, 0.29) is 18.3 Å². The Kier molecular flexibility index (Phi) is 2.83. The molecule has 0 amide bonds. The molecule has 0 saturated heterocycles. The van der Waals surface area contributed by atoms with Crippen LogP contribution in [-0.2, 0) is 13.1 Å². The topological polar surface area (TPSA) is 63.2 Å². The Morgan fingerprint density at radius 2 is 1.81 bits per heavy atom. The summed E-state index contributed by atoms with van der Waals surface area (Å²) in [4.78, 5) is 3.89. The first kappa shape index (κ1) is 10.2. The molecular weight excluding hydrogens is 206 g/mol. The van der Waals surface area contributed by atoms with Crippen molar-refractivity contribution in [2.24, 2.45) is 0 Å². The molecule has 82 valence electrons. The van der Waals surface area contributed by atoms with E-state index in [0.717, 1.165) is 0 Å². The van der Waals surface area contributed by atoms with Crippen molar-refractivity contribution in [1.29, 1.82) is 0 Å². The lowest BCUT2D eigenvalue weighted by Crippen LogP contribution is -1.95. The summed E-state index contributed by atoms with van der Waals surface area (Å²) in [6.45, 7) is 0.808. The Bertz CT molecular complexity index is 498. The molecule has 0 aliphatic heterocycles. The predicted molar refractivity (Wildman–Crippen MR) is 57.8 cm³/mol. The van der Waals surface area contributed by atoms with Gasteiger partial charge in [0.05, 0.1) is 19.4 Å². The molecule has 0 saturated carbocycles. The van der Waals surface area contributed by atoms with Crippen LogP contribution in [0, 0.1) is 11.8 Å². The highest BCUT2D eigenvalue weighted by Crippen LogP contribution is 2.19. The smallest absolute Gasteiger partial charge is 0.194 e. The molecule has 2 aromatic heterocycles. The first-order valence-corrected chi connectivity index (χ1v) is 4.76. The van der Waals surface area contributed by atoms with Crippen molar-refractivity contribution >= 4 is 0 Å². The van der Waals surface area contributed by atoms with Crippen LogP contribution in [0.1, 0.15) is 0 Å². The van der Waals surface area contributed by atoms with Crippen LogP contribution in [0.5, 0.6) is 11.8 Å². The summed E-state index contributed by atoms with van der Waals surface area (Å²) in [5.41, 5.74) is 0. The summed E-state index contributed by atoms with van der Waals surface area (Å²) < 4.78 is 3.16. The zero-order chi connectivity index (χ0) is 11.4. The third-order valence-corrected chi connectivity index (χ3v) is 2.12. The van der Waals surface area contributed by atoms with Crippen LogP contribution >= 0.6 is 0 Å². The van der Waals surface area contributed by atoms with Gasteiger partial charge in [0.25, 0.3) is 0 Å². The Morgan fingerprint density at radius 3 is 2.44 bits per heavy atom. The molecule has 0 spiro atoms. The van der Waals surface area contributed by atoms with Crippen LogP contribution in [0.25, 0.3) is 0 Å². The molecule has 2 heterocycles. The number of hydrogen-bond donors (Lipinski definition) is 2. The summed E-state index contributed by atoms with van der Waals surface area (Å²) in [6, 6.07) is 2.85. The van der Waals surface area contributed by atoms with Crippen LogP contribution < -0.4 is 0 Å². The second-order valence-electron chi connectivity index (χ2n) is 3.22. The lowest BCUT2D eigenvalue weighted by Gasteiger charge is -2.00. The van der Waals surface area contributed by atoms with E-state index >= 15 is 0 Å². The number of nitrogens with zero attached hydrogens (tertiary/aromatic N) is 3. The minimum Gasteiger partial charge on any atom is -0.494 e. The minimum atomic E-state index is 0.00873. The molecule has 2 rings (SSSR count). The van der Waals surface area contributed by atoms with Gasteiger partial charge in [0.1, 0.15) is 0 Å². The third-order valence-electron chi connectivity index (χ3n) is 2.12. The Balaban J connectivity index is 1.95. The van der Waals surface area contributed by atoms with E-state index in [2.05, 4.69) is 16.8 Å². The van der Waals surface area contributed by atoms with Gasteiger partial charge in [-0.1, -0.05) is 11.8 Å². The molecule has 0 aliphatic rings. The van der Waals surface area contributed by atoms with Gasteiger partial charge < -0.3 is 14.8 Å². The summed E-state index contributed by atoms with van der Waals surface area (Å²) in [7, 11) is 0. The van der Waals surface area contributed by atoms with E-state index in [1.807, 2.05) is 10.8 Å². The van der Waals surface area contributed by atoms with Gasteiger partial charge in [0.2, 0.25) is 0 Å². The number of aromatic nitrogens is 3. The van der Waals surface area contributed by atoms with Gasteiger partial charge in [-0.2, -0.15) is 0 Å². The van der Waals surface area contributed by atoms with Gasteiger partial charge >= 0.3 is 0 Å². The predicted octanol–water partition coefficient (Wildman–Crippen LogP) is 0.799. The second-order valence-corrected chi connectivity index (χ2v) is 3.22. The highest BCUT2D eigenvalue weighted by atomic mass is 16.3. The quantitative estimate of drug-likeness (QED) is 0.731. The Morgan fingerprint density at radius 1 is 1.12 bits per heavy atom. The first-order chi connectivity index (χ1) is 7.77. The SMILES string of the molecule is Oc1ccc(O)n1CC#CCn1ccnc1. The molecule has 2 N–H and O–H groups in total. The summed E-state index contributed by atoms with van der Waals surface area (Å²) in [5.74, 6) is 5.78. The molecule has 0 unspecified atom stereocenters. The average molecular weight is 217 g/mol. The second kappa shape index (κ2) is 4.45. The molecule has 5 heteroatoms. The van der Waals surface area contributed by atoms with Gasteiger partial charge in [0, 0.05) is 24.5 Å². The molecular formula is C11H11N3O2. The fourth-order valence-electron chi connectivity index (χ4n) is 1.27. The molecule has 0 bridgehead atoms. The number of imidazole rings is 1. The molecule has 0 fully saturated rings. The average Bonchev–Trinajstić information content (AvgIpc) is 2.87. The first-order valence-electron chi connectivity index (χ1n) is 4.76. The van der Waals surface area contributed by atoms with E-state index < -0.39 is 0 Å². The van der Waals surface area contributed by atoms with Gasteiger partial charge in [-0.25, -0.2) is 4.98 Å². The van der Waals surface area contributed by atoms with Crippen LogP contribution in [0.15, 0.2) is 30.9 Å². The number of aromatic hydroxyl groups is 2. The Labute approximate surface area is 92.6 Å². The maximum Gasteiger partial charge on any atom is 0.194 e. The van der Waals surface area contributed by atoms with Crippen LogP contribution in [0.4, 0.5) is 0 Å². The summed E-state index contributed by atoms with van der Waals surface area (Å²) >= 11 is 0. The van der Waals surface area contributed by atoms with Crippen LogP contribution in [0.2, 0.25) is 0 Å². The maximum atomic E-state index is 9.33. The van der Waals surface area contributed by atoms with E-state index in [0.29, 0.717) is 6.54 Å². The summed E-state index contributed by atoms with van der Waals surface area (Å²) in [5, 5.41) is 18.7. The van der Waals surface area contributed by atoms with Crippen LogP contribution in [-0.4, -0.2) is 24.3 Å². The maximum absolute atomic E-state index is 9.33. The lowest BCUT2D eigenvalue weighted by molar-refractivity contribution is 0.380. The van der Waals surface area contributed by atoms with Crippen molar-refractivity contribution in [3.05, 3.63) is 30.9 Å². The highest BCUT2D eigenvalue weighted by Gasteiger charge is 2.02. The van der Waals surface area contributed by atoms with Gasteiger partial charge in [-0.3, -0.25) is 4.57 Å². The molecule has 16 heavy (non-hydrogen) atoms. The molecule has 0 radical (unpaired) electrons. The van der Waals surface area contributed by atoms with Crippen molar-refractivity contribution in [2.75, 3.05) is 0 Å². The molecule has 0 aliphatic carbocycles.